The van der Waals surface area contributed by atoms with E-state index in [2.05, 4.69) is 31.1 Å². The lowest BCUT2D eigenvalue weighted by molar-refractivity contribution is -0.147. The second kappa shape index (κ2) is 7.93. The van der Waals surface area contributed by atoms with E-state index in [9.17, 15) is 14.7 Å². The van der Waals surface area contributed by atoms with E-state index in [4.69, 9.17) is 4.74 Å². The van der Waals surface area contributed by atoms with Crippen molar-refractivity contribution in [3.05, 3.63) is 24.0 Å². The van der Waals surface area contributed by atoms with Gasteiger partial charge in [0, 0.05) is 31.4 Å². The first-order valence-electron chi connectivity index (χ1n) is 8.93. The van der Waals surface area contributed by atoms with E-state index < -0.39 is 11.4 Å². The van der Waals surface area contributed by atoms with E-state index in [0.717, 1.165) is 12.0 Å². The van der Waals surface area contributed by atoms with Gasteiger partial charge in [0.2, 0.25) is 0 Å². The van der Waals surface area contributed by atoms with Crippen LogP contribution in [0.5, 0.6) is 5.75 Å². The lowest BCUT2D eigenvalue weighted by Crippen LogP contribution is -2.40. The molecular weight excluding hydrogens is 334 g/mol. The number of hydrogen-bond donors (Lipinski definition) is 2. The van der Waals surface area contributed by atoms with Gasteiger partial charge in [-0.15, -0.1) is 0 Å². The molecule has 2 rings (SSSR count). The highest BCUT2D eigenvalue weighted by Gasteiger charge is 2.42. The molecule has 0 bridgehead atoms. The first-order valence-corrected chi connectivity index (χ1v) is 8.93. The minimum atomic E-state index is -0.866. The number of rotatable bonds is 6. The van der Waals surface area contributed by atoms with Crippen molar-refractivity contribution in [1.82, 2.24) is 15.2 Å². The summed E-state index contributed by atoms with van der Waals surface area (Å²) < 4.78 is 5.83. The van der Waals surface area contributed by atoms with Crippen molar-refractivity contribution in [3.8, 4) is 5.75 Å². The van der Waals surface area contributed by atoms with Gasteiger partial charge in [0.15, 0.2) is 0 Å². The molecule has 2 N–H and O–H groups in total. The molecule has 0 spiro atoms. The lowest BCUT2D eigenvalue weighted by atomic mass is 9.90. The standard InChI is InChI=1S/C19H29N3O4/c1-18(2,3)7-10-26-15-12-20-8-5-14(15)11-21-17(25)22-9-6-19(4,13-22)16(23)24/h5,8,12H,6-7,9-11,13H2,1-4H3,(H,21,25)(H,23,24). The Kier molecular flexibility index (Phi) is 6.10. The zero-order valence-corrected chi connectivity index (χ0v) is 16.0. The van der Waals surface area contributed by atoms with E-state index in [1.807, 2.05) is 6.07 Å². The molecule has 0 radical (unpaired) electrons. The van der Waals surface area contributed by atoms with Crippen LogP contribution in [0.25, 0.3) is 0 Å². The largest absolute Gasteiger partial charge is 0.492 e. The third-order valence-corrected chi connectivity index (χ3v) is 4.69. The molecule has 1 aromatic rings. The molecule has 7 nitrogen and oxygen atoms in total. The predicted octanol–water partition coefficient (Wildman–Crippen LogP) is 2.90. The molecule has 1 aliphatic heterocycles. The number of aliphatic carboxylic acids is 1. The number of hydrogen-bond acceptors (Lipinski definition) is 4. The number of carbonyl (C=O) groups is 2. The third-order valence-electron chi connectivity index (χ3n) is 4.69. The van der Waals surface area contributed by atoms with Crippen molar-refractivity contribution in [2.24, 2.45) is 10.8 Å². The maximum atomic E-state index is 12.4. The SMILES string of the molecule is CC(C)(C)CCOc1cnccc1CNC(=O)N1CCC(C)(C(=O)O)C1. The maximum Gasteiger partial charge on any atom is 0.317 e. The van der Waals surface area contributed by atoms with E-state index in [-0.39, 0.29) is 18.0 Å². The summed E-state index contributed by atoms with van der Waals surface area (Å²) in [4.78, 5) is 29.3. The topological polar surface area (TPSA) is 91.8 Å². The van der Waals surface area contributed by atoms with Crippen molar-refractivity contribution >= 4 is 12.0 Å². The molecule has 1 atom stereocenters. The monoisotopic (exact) mass is 363 g/mol. The van der Waals surface area contributed by atoms with Crippen molar-refractivity contribution in [2.45, 2.75) is 47.1 Å². The van der Waals surface area contributed by atoms with Crippen molar-refractivity contribution in [3.63, 3.8) is 0 Å². The van der Waals surface area contributed by atoms with Gasteiger partial charge in [-0.1, -0.05) is 20.8 Å². The molecule has 1 aliphatic rings. The number of nitrogens with zero attached hydrogens (tertiary/aromatic N) is 2. The zero-order chi connectivity index (χ0) is 19.4. The first kappa shape index (κ1) is 20.0. The highest BCUT2D eigenvalue weighted by molar-refractivity contribution is 5.79. The number of amides is 2. The van der Waals surface area contributed by atoms with Crippen LogP contribution in [0.15, 0.2) is 18.5 Å². The summed E-state index contributed by atoms with van der Waals surface area (Å²) >= 11 is 0. The van der Waals surface area contributed by atoms with Crippen molar-refractivity contribution in [2.75, 3.05) is 19.7 Å². The number of carboxylic acids is 1. The fraction of sp³-hybridized carbons (Fsp3) is 0.632. The minimum absolute atomic E-state index is 0.184. The molecule has 0 aliphatic carbocycles. The highest BCUT2D eigenvalue weighted by atomic mass is 16.5. The average Bonchev–Trinajstić information content (AvgIpc) is 2.96. The molecule has 1 fully saturated rings. The molecule has 26 heavy (non-hydrogen) atoms. The van der Waals surface area contributed by atoms with Gasteiger partial charge in [-0.05, 0) is 31.2 Å². The van der Waals surface area contributed by atoms with Gasteiger partial charge in [-0.25, -0.2) is 4.79 Å². The second-order valence-corrected chi connectivity index (χ2v) is 8.34. The van der Waals surface area contributed by atoms with Gasteiger partial charge < -0.3 is 20.1 Å². The zero-order valence-electron chi connectivity index (χ0n) is 16.0. The predicted molar refractivity (Wildman–Crippen MR) is 98.0 cm³/mol. The smallest absolute Gasteiger partial charge is 0.317 e. The van der Waals surface area contributed by atoms with Gasteiger partial charge in [0.1, 0.15) is 5.75 Å². The Hall–Kier alpha value is -2.31. The van der Waals surface area contributed by atoms with Crippen LogP contribution in [-0.2, 0) is 11.3 Å². The molecule has 0 saturated carbocycles. The molecular formula is C19H29N3O4. The van der Waals surface area contributed by atoms with Crippen LogP contribution in [0.1, 0.15) is 46.1 Å². The summed E-state index contributed by atoms with van der Waals surface area (Å²) in [6, 6.07) is 1.56. The Bertz CT molecular complexity index is 656. The van der Waals surface area contributed by atoms with Crippen LogP contribution < -0.4 is 10.1 Å². The number of pyridine rings is 1. The first-order chi connectivity index (χ1) is 12.1. The van der Waals surface area contributed by atoms with Crippen LogP contribution in [0, 0.1) is 10.8 Å². The highest BCUT2D eigenvalue weighted by Crippen LogP contribution is 2.30. The molecule has 1 aromatic heterocycles. The summed E-state index contributed by atoms with van der Waals surface area (Å²) in [5, 5.41) is 12.1. The van der Waals surface area contributed by atoms with Gasteiger partial charge in [0.25, 0.3) is 0 Å². The molecule has 1 unspecified atom stereocenters. The number of urea groups is 1. The van der Waals surface area contributed by atoms with Gasteiger partial charge in [-0.3, -0.25) is 9.78 Å². The van der Waals surface area contributed by atoms with E-state index >= 15 is 0 Å². The number of carboxylic acid groups (broad SMARTS) is 1. The second-order valence-electron chi connectivity index (χ2n) is 8.34. The minimum Gasteiger partial charge on any atom is -0.492 e. The Morgan fingerprint density at radius 1 is 1.42 bits per heavy atom. The van der Waals surface area contributed by atoms with E-state index in [1.165, 1.54) is 0 Å². The number of carbonyl (C=O) groups excluding carboxylic acids is 1. The maximum absolute atomic E-state index is 12.4. The number of likely N-dealkylation sites (tertiary alicyclic amines) is 1. The Morgan fingerprint density at radius 3 is 2.77 bits per heavy atom. The molecule has 0 aromatic carbocycles. The molecule has 2 amide bonds. The lowest BCUT2D eigenvalue weighted by Gasteiger charge is -2.21. The number of aromatic nitrogens is 1. The number of ether oxygens (including phenoxy) is 1. The normalized spacial score (nSPS) is 20.1. The van der Waals surface area contributed by atoms with Crippen molar-refractivity contribution < 1.29 is 19.4 Å². The summed E-state index contributed by atoms with van der Waals surface area (Å²) in [5.74, 6) is -0.203. The summed E-state index contributed by atoms with van der Waals surface area (Å²) in [5.41, 5.74) is 0.167. The van der Waals surface area contributed by atoms with Crippen LogP contribution >= 0.6 is 0 Å². The Labute approximate surface area is 154 Å². The van der Waals surface area contributed by atoms with E-state index in [0.29, 0.717) is 31.9 Å². The Balaban J connectivity index is 1.89. The molecule has 144 valence electrons. The van der Waals surface area contributed by atoms with Gasteiger partial charge in [-0.2, -0.15) is 0 Å². The van der Waals surface area contributed by atoms with Gasteiger partial charge >= 0.3 is 12.0 Å². The summed E-state index contributed by atoms with van der Waals surface area (Å²) in [7, 11) is 0. The summed E-state index contributed by atoms with van der Waals surface area (Å²) in [6.45, 7) is 9.70. The molecule has 7 heteroatoms. The molecule has 2 heterocycles. The third kappa shape index (κ3) is 5.34. The van der Waals surface area contributed by atoms with Crippen LogP contribution in [0.4, 0.5) is 4.79 Å². The van der Waals surface area contributed by atoms with E-state index in [1.54, 1.807) is 24.2 Å². The average molecular weight is 363 g/mol. The van der Waals surface area contributed by atoms with Crippen molar-refractivity contribution in [1.29, 1.82) is 0 Å². The fourth-order valence-corrected chi connectivity index (χ4v) is 2.74. The molecule has 1 saturated heterocycles. The van der Waals surface area contributed by atoms with Gasteiger partial charge in [0.05, 0.1) is 18.2 Å². The van der Waals surface area contributed by atoms with Crippen LogP contribution in [-0.4, -0.2) is 46.7 Å². The number of nitrogens with one attached hydrogen (secondary N) is 1. The summed E-state index contributed by atoms with van der Waals surface area (Å²) in [6.07, 6.45) is 4.69. The van der Waals surface area contributed by atoms with Crippen LogP contribution in [0.3, 0.4) is 0 Å². The fourth-order valence-electron chi connectivity index (χ4n) is 2.74. The Morgan fingerprint density at radius 2 is 2.15 bits per heavy atom. The van der Waals surface area contributed by atoms with Crippen LogP contribution in [0.2, 0.25) is 0 Å². The quantitative estimate of drug-likeness (QED) is 0.811.